The van der Waals surface area contributed by atoms with Gasteiger partial charge >= 0.3 is 6.01 Å². The van der Waals surface area contributed by atoms with E-state index in [0.717, 1.165) is 37.6 Å². The van der Waals surface area contributed by atoms with E-state index in [1.807, 2.05) is 23.1 Å². The Balaban J connectivity index is 1.41. The zero-order valence-corrected chi connectivity index (χ0v) is 28.4. The minimum Gasteiger partial charge on any atom is -0.487 e. The summed E-state index contributed by atoms with van der Waals surface area (Å²) in [5, 5.41) is 2.10. The first kappa shape index (κ1) is 33.3. The molecule has 1 aliphatic carbocycles. The maximum Gasteiger partial charge on any atom is 0.319 e. The van der Waals surface area contributed by atoms with Crippen LogP contribution in [0.3, 0.4) is 0 Å². The molecular formula is C36H34Cl2F2N6O3. The number of likely N-dealkylation sites (tertiary alicyclic amines) is 1. The molecule has 1 aromatic heterocycles. The average molecular weight is 708 g/mol. The van der Waals surface area contributed by atoms with Gasteiger partial charge in [-0.1, -0.05) is 54.0 Å². The fourth-order valence-electron chi connectivity index (χ4n) is 6.80. The number of ether oxygens (including phenoxy) is 2. The number of nitrogens with zero attached hydrogens (tertiary/aromatic N) is 6. The molecular weight excluding hydrogens is 673 g/mol. The normalized spacial score (nSPS) is 19.8. The first-order valence-corrected chi connectivity index (χ1v) is 17.0. The molecule has 0 bridgehead atoms. The van der Waals surface area contributed by atoms with E-state index >= 15 is 0 Å². The van der Waals surface area contributed by atoms with Crippen LogP contribution < -0.4 is 14.4 Å². The van der Waals surface area contributed by atoms with E-state index in [1.165, 1.54) is 11.0 Å². The molecule has 3 aliphatic rings. The lowest BCUT2D eigenvalue weighted by atomic mass is 9.95. The van der Waals surface area contributed by atoms with E-state index in [1.54, 1.807) is 12.1 Å². The second-order valence-corrected chi connectivity index (χ2v) is 13.6. The number of hydrogen-bond donors (Lipinski definition) is 0. The minimum absolute atomic E-state index is 0.0241. The molecule has 13 heteroatoms. The van der Waals surface area contributed by atoms with Crippen LogP contribution in [-0.4, -0.2) is 90.2 Å². The maximum absolute atomic E-state index is 14.9. The predicted molar refractivity (Wildman–Crippen MR) is 187 cm³/mol. The van der Waals surface area contributed by atoms with Crippen molar-refractivity contribution < 1.29 is 23.0 Å². The highest BCUT2D eigenvalue weighted by atomic mass is 35.5. The highest BCUT2D eigenvalue weighted by molar-refractivity contribution is 6.39. The quantitative estimate of drug-likeness (QED) is 0.133. The van der Waals surface area contributed by atoms with Crippen LogP contribution in [0.15, 0.2) is 48.8 Å². The van der Waals surface area contributed by atoms with Crippen molar-refractivity contribution in [3.63, 3.8) is 0 Å². The summed E-state index contributed by atoms with van der Waals surface area (Å²) in [5.41, 5.74) is 1.57. The van der Waals surface area contributed by atoms with Crippen LogP contribution in [0.1, 0.15) is 25.7 Å². The lowest BCUT2D eigenvalue weighted by Gasteiger charge is -2.39. The number of piperazine rings is 1. The van der Waals surface area contributed by atoms with Crippen molar-refractivity contribution in [2.75, 3.05) is 51.3 Å². The lowest BCUT2D eigenvalue weighted by molar-refractivity contribution is -0.131. The van der Waals surface area contributed by atoms with Gasteiger partial charge in [-0.25, -0.2) is 15.4 Å². The molecule has 2 atom stereocenters. The molecule has 1 saturated carbocycles. The van der Waals surface area contributed by atoms with Crippen molar-refractivity contribution in [1.29, 1.82) is 0 Å². The molecule has 254 valence electrons. The second kappa shape index (κ2) is 13.6. The summed E-state index contributed by atoms with van der Waals surface area (Å²) < 4.78 is 41.7. The number of carbonyl (C=O) groups is 1. The fourth-order valence-corrected chi connectivity index (χ4v) is 7.37. The summed E-state index contributed by atoms with van der Waals surface area (Å²) in [5.74, 6) is -1.56. The van der Waals surface area contributed by atoms with Gasteiger partial charge in [-0.2, -0.15) is 9.97 Å². The molecule has 0 N–H and O–H groups in total. The van der Waals surface area contributed by atoms with Crippen molar-refractivity contribution in [3.8, 4) is 22.9 Å². The van der Waals surface area contributed by atoms with Crippen LogP contribution in [0.25, 0.3) is 37.6 Å². The predicted octanol–water partition coefficient (Wildman–Crippen LogP) is 7.33. The van der Waals surface area contributed by atoms with Gasteiger partial charge in [-0.3, -0.25) is 4.79 Å². The Bertz CT molecular complexity index is 2020. The third kappa shape index (κ3) is 6.45. The summed E-state index contributed by atoms with van der Waals surface area (Å²) >= 11 is 13.7. The molecule has 0 spiro atoms. The number of likely N-dealkylation sites (N-methyl/N-ethyl adjacent to an activating group) is 1. The molecule has 4 aromatic rings. The summed E-state index contributed by atoms with van der Waals surface area (Å²) in [6.45, 7) is 12.7. The molecule has 9 nitrogen and oxygen atoms in total. The molecule has 2 saturated heterocycles. The lowest BCUT2D eigenvalue weighted by Crippen LogP contribution is -2.56. The number of benzene rings is 3. The van der Waals surface area contributed by atoms with Gasteiger partial charge in [0.15, 0.2) is 11.6 Å². The molecule has 3 fully saturated rings. The zero-order chi connectivity index (χ0) is 34.4. The summed E-state index contributed by atoms with van der Waals surface area (Å²) in [7, 11) is 2.06. The average Bonchev–Trinajstić information content (AvgIpc) is 3.82. The molecule has 49 heavy (non-hydrogen) atoms. The van der Waals surface area contributed by atoms with Crippen molar-refractivity contribution in [3.05, 3.63) is 76.1 Å². The Morgan fingerprint density at radius 3 is 2.65 bits per heavy atom. The molecule has 2 aliphatic heterocycles. The first-order chi connectivity index (χ1) is 23.6. The molecule has 1 amide bonds. The number of carbonyl (C=O) groups excluding carboxylic acids is 1. The van der Waals surface area contributed by atoms with Crippen LogP contribution in [0.5, 0.6) is 11.8 Å². The van der Waals surface area contributed by atoms with Gasteiger partial charge in [-0.05, 0) is 62.4 Å². The van der Waals surface area contributed by atoms with Crippen LogP contribution in [0, 0.1) is 12.4 Å². The summed E-state index contributed by atoms with van der Waals surface area (Å²) in [6, 6.07) is 10.0. The monoisotopic (exact) mass is 706 g/mol. The van der Waals surface area contributed by atoms with Gasteiger partial charge in [0.2, 0.25) is 6.54 Å². The van der Waals surface area contributed by atoms with Gasteiger partial charge in [0.1, 0.15) is 29.8 Å². The van der Waals surface area contributed by atoms with Crippen LogP contribution in [0.2, 0.25) is 10.0 Å². The van der Waals surface area contributed by atoms with E-state index in [4.69, 9.17) is 49.2 Å². The standard InChI is InChI=1S/C36H34Cl2F2N6O3/c1-20(39)35(47)46-15-14-45(18-23(46)17-41-2)34-26-16-27(37)30(25-8-4-6-21-9-12-28(40)31(38)29(21)25)33(49-24-10-11-24)32(26)42-36(43-34)48-19-22-7-5-13-44(22)3/h4,6,8-9,12,16,22-24H,1,5,7,10-11,13-15,17-19H2,3H3/t22-,23-/m0/s1. The molecule has 0 radical (unpaired) electrons. The number of aromatic nitrogens is 2. The van der Waals surface area contributed by atoms with Crippen LogP contribution >= 0.6 is 23.2 Å². The van der Waals surface area contributed by atoms with E-state index < -0.39 is 23.6 Å². The topological polar surface area (TPSA) is 75.4 Å². The number of fused-ring (bicyclic) bond motifs is 2. The van der Waals surface area contributed by atoms with Crippen molar-refractivity contribution >= 4 is 56.6 Å². The van der Waals surface area contributed by atoms with Crippen LogP contribution in [0.4, 0.5) is 14.6 Å². The van der Waals surface area contributed by atoms with E-state index in [-0.39, 0.29) is 42.8 Å². The number of amides is 1. The van der Waals surface area contributed by atoms with Crippen molar-refractivity contribution in [2.45, 2.75) is 43.9 Å². The van der Waals surface area contributed by atoms with Crippen LogP contribution in [-0.2, 0) is 4.79 Å². The zero-order valence-electron chi connectivity index (χ0n) is 26.9. The molecule has 3 heterocycles. The Hall–Kier alpha value is -4.24. The smallest absolute Gasteiger partial charge is 0.319 e. The number of halogens is 4. The molecule has 0 unspecified atom stereocenters. The summed E-state index contributed by atoms with van der Waals surface area (Å²) in [4.78, 5) is 31.5. The Kier molecular flexibility index (Phi) is 9.22. The number of hydrogen-bond acceptors (Lipinski definition) is 7. The Labute approximate surface area is 292 Å². The molecule has 3 aromatic carbocycles. The second-order valence-electron chi connectivity index (χ2n) is 12.8. The number of rotatable bonds is 9. The van der Waals surface area contributed by atoms with E-state index in [0.29, 0.717) is 57.2 Å². The SMILES string of the molecule is [C-]#[N+]C[C@H]1CN(c2nc(OC[C@@H]3CCCN3C)nc3c(OC4CC4)c(-c4cccc5ccc(F)c(Cl)c45)c(Cl)cc23)CCN1C(=O)C(=C)F. The Morgan fingerprint density at radius 1 is 1.12 bits per heavy atom. The van der Waals surface area contributed by atoms with Gasteiger partial charge in [0.05, 0.1) is 16.1 Å². The minimum atomic E-state index is -1.07. The highest BCUT2D eigenvalue weighted by Crippen LogP contribution is 2.49. The van der Waals surface area contributed by atoms with Crippen molar-refractivity contribution in [2.24, 2.45) is 0 Å². The summed E-state index contributed by atoms with van der Waals surface area (Å²) in [6.07, 6.45) is 3.69. The van der Waals surface area contributed by atoms with E-state index in [9.17, 15) is 13.6 Å². The number of anilines is 1. The third-order valence-electron chi connectivity index (χ3n) is 9.52. The maximum atomic E-state index is 14.9. The van der Waals surface area contributed by atoms with Gasteiger partial charge in [-0.15, -0.1) is 0 Å². The molecule has 7 rings (SSSR count). The van der Waals surface area contributed by atoms with Gasteiger partial charge < -0.3 is 29.0 Å². The van der Waals surface area contributed by atoms with Gasteiger partial charge in [0.25, 0.3) is 5.91 Å². The fraction of sp³-hybridized carbons (Fsp3) is 0.389. The third-order valence-corrected chi connectivity index (χ3v) is 10.2. The van der Waals surface area contributed by atoms with E-state index in [2.05, 4.69) is 23.4 Å². The van der Waals surface area contributed by atoms with Gasteiger partial charge in [0, 0.05) is 42.0 Å². The first-order valence-electron chi connectivity index (χ1n) is 16.3. The Morgan fingerprint density at radius 2 is 1.94 bits per heavy atom. The highest BCUT2D eigenvalue weighted by Gasteiger charge is 2.36. The van der Waals surface area contributed by atoms with Crippen molar-refractivity contribution in [1.82, 2.24) is 19.8 Å². The largest absolute Gasteiger partial charge is 0.487 e.